The Labute approximate surface area is 137 Å². The van der Waals surface area contributed by atoms with E-state index in [1.54, 1.807) is 25.6 Å². The van der Waals surface area contributed by atoms with E-state index >= 15 is 0 Å². The van der Waals surface area contributed by atoms with Gasteiger partial charge in [-0.2, -0.15) is 0 Å². The summed E-state index contributed by atoms with van der Waals surface area (Å²) in [6.07, 6.45) is -0.711. The van der Waals surface area contributed by atoms with Crippen molar-refractivity contribution in [1.29, 1.82) is 0 Å². The number of thiophene rings is 1. The second-order valence-electron chi connectivity index (χ2n) is 3.79. The molecule has 102 valence electrons. The highest BCUT2D eigenvalue weighted by molar-refractivity contribution is 14.1. The maximum absolute atomic E-state index is 10.5. The highest BCUT2D eigenvalue weighted by Gasteiger charge is 2.20. The Hall–Kier alpha value is -0.310. The first-order valence-corrected chi connectivity index (χ1v) is 8.16. The molecule has 0 fully saturated rings. The molecule has 1 aromatic heterocycles. The maximum Gasteiger partial charge on any atom is 0.142 e. The molecule has 2 rings (SSSR count). The molecule has 0 aliphatic heterocycles. The number of hydrogen-bond acceptors (Lipinski definition) is 4. The van der Waals surface area contributed by atoms with Gasteiger partial charge >= 0.3 is 0 Å². The number of aliphatic hydroxyl groups is 1. The fraction of sp³-hybridized carbons (Fsp3) is 0.231. The van der Waals surface area contributed by atoms with E-state index in [1.165, 1.54) is 0 Å². The van der Waals surface area contributed by atoms with Crippen molar-refractivity contribution in [3.05, 3.63) is 42.1 Å². The predicted octanol–water partition coefficient (Wildman–Crippen LogP) is 4.21. The van der Waals surface area contributed by atoms with Crippen molar-refractivity contribution >= 4 is 49.9 Å². The van der Waals surface area contributed by atoms with Crippen LogP contribution in [0.5, 0.6) is 11.5 Å². The van der Waals surface area contributed by atoms with Gasteiger partial charge in [-0.25, -0.2) is 0 Å². The first-order chi connectivity index (χ1) is 9.08. The lowest BCUT2D eigenvalue weighted by Gasteiger charge is -2.17. The average molecular weight is 455 g/mol. The molecule has 0 bridgehead atoms. The number of benzene rings is 1. The quantitative estimate of drug-likeness (QED) is 0.703. The molecule has 1 N–H and O–H groups in total. The molecule has 1 heterocycles. The third kappa shape index (κ3) is 3.07. The molecular formula is C13H12BrIO3S. The van der Waals surface area contributed by atoms with E-state index in [1.807, 2.05) is 23.6 Å². The first kappa shape index (κ1) is 15.1. The molecule has 2 aromatic rings. The number of halogens is 2. The average Bonchev–Trinajstić information content (AvgIpc) is 2.84. The zero-order chi connectivity index (χ0) is 14.0. The van der Waals surface area contributed by atoms with Gasteiger partial charge < -0.3 is 14.6 Å². The molecular weight excluding hydrogens is 443 g/mol. The molecule has 6 heteroatoms. The van der Waals surface area contributed by atoms with Crippen molar-refractivity contribution in [3.8, 4) is 11.5 Å². The normalized spacial score (nSPS) is 12.3. The predicted molar refractivity (Wildman–Crippen MR) is 88.3 cm³/mol. The van der Waals surface area contributed by atoms with E-state index in [2.05, 4.69) is 38.5 Å². The molecule has 1 unspecified atom stereocenters. The number of methoxy groups -OCH3 is 2. The van der Waals surface area contributed by atoms with Crippen molar-refractivity contribution in [1.82, 2.24) is 0 Å². The van der Waals surface area contributed by atoms with Gasteiger partial charge in [0.15, 0.2) is 0 Å². The molecule has 0 aliphatic carbocycles. The summed E-state index contributed by atoms with van der Waals surface area (Å²) >= 11 is 7.28. The minimum absolute atomic E-state index is 0.591. The summed E-state index contributed by atoms with van der Waals surface area (Å²) in [6, 6.07) is 5.59. The second-order valence-corrected chi connectivity index (χ2v) is 7.39. The van der Waals surface area contributed by atoms with Crippen molar-refractivity contribution < 1.29 is 14.6 Å². The van der Waals surface area contributed by atoms with Crippen LogP contribution in [-0.2, 0) is 0 Å². The second kappa shape index (κ2) is 6.43. The molecule has 3 nitrogen and oxygen atoms in total. The Morgan fingerprint density at radius 2 is 2.05 bits per heavy atom. The highest BCUT2D eigenvalue weighted by Crippen LogP contribution is 2.41. The zero-order valence-corrected chi connectivity index (χ0v) is 14.9. The lowest BCUT2D eigenvalue weighted by Crippen LogP contribution is -2.02. The summed E-state index contributed by atoms with van der Waals surface area (Å²) < 4.78 is 12.5. The van der Waals surface area contributed by atoms with Gasteiger partial charge in [-0.15, -0.1) is 11.3 Å². The van der Waals surface area contributed by atoms with Crippen LogP contribution in [0.1, 0.15) is 17.2 Å². The third-order valence-electron chi connectivity index (χ3n) is 2.71. The molecule has 0 saturated carbocycles. The van der Waals surface area contributed by atoms with Crippen LogP contribution in [0, 0.1) is 2.88 Å². The van der Waals surface area contributed by atoms with Crippen LogP contribution in [0.15, 0.2) is 28.1 Å². The molecule has 0 saturated heterocycles. The van der Waals surface area contributed by atoms with E-state index in [0.29, 0.717) is 21.5 Å². The summed E-state index contributed by atoms with van der Waals surface area (Å²) in [5.41, 5.74) is 1.58. The van der Waals surface area contributed by atoms with Crippen molar-refractivity contribution in [3.63, 3.8) is 0 Å². The monoisotopic (exact) mass is 454 g/mol. The van der Waals surface area contributed by atoms with E-state index in [-0.39, 0.29) is 0 Å². The Morgan fingerprint density at radius 3 is 2.58 bits per heavy atom. The van der Waals surface area contributed by atoms with Crippen LogP contribution >= 0.6 is 49.9 Å². The number of ether oxygens (including phenoxy) is 2. The molecule has 19 heavy (non-hydrogen) atoms. The van der Waals surface area contributed by atoms with Gasteiger partial charge in [0.1, 0.15) is 22.1 Å². The topological polar surface area (TPSA) is 38.7 Å². The van der Waals surface area contributed by atoms with Crippen molar-refractivity contribution in [2.75, 3.05) is 14.2 Å². The summed E-state index contributed by atoms with van der Waals surface area (Å²) in [5, 5.41) is 12.4. The Balaban J connectivity index is 2.47. The number of aliphatic hydroxyl groups excluding tert-OH is 1. The lowest BCUT2D eigenvalue weighted by molar-refractivity contribution is 0.214. The molecule has 0 radical (unpaired) electrons. The van der Waals surface area contributed by atoms with E-state index in [9.17, 15) is 5.11 Å². The largest absolute Gasteiger partial charge is 0.495 e. The minimum atomic E-state index is -0.711. The maximum atomic E-state index is 10.5. The van der Waals surface area contributed by atoms with Gasteiger partial charge in [0.2, 0.25) is 0 Å². The Morgan fingerprint density at radius 1 is 1.32 bits per heavy atom. The van der Waals surface area contributed by atoms with Crippen LogP contribution in [0.3, 0.4) is 0 Å². The minimum Gasteiger partial charge on any atom is -0.495 e. The van der Waals surface area contributed by atoms with Crippen molar-refractivity contribution in [2.24, 2.45) is 0 Å². The highest BCUT2D eigenvalue weighted by atomic mass is 127. The summed E-state index contributed by atoms with van der Waals surface area (Å²) in [4.78, 5) is 0. The van der Waals surface area contributed by atoms with E-state index in [4.69, 9.17) is 9.47 Å². The molecule has 0 spiro atoms. The summed E-state index contributed by atoms with van der Waals surface area (Å²) in [5.74, 6) is 1.26. The fourth-order valence-corrected chi connectivity index (χ4v) is 3.86. The fourth-order valence-electron chi connectivity index (χ4n) is 1.78. The molecule has 0 aliphatic rings. The van der Waals surface area contributed by atoms with Gasteiger partial charge in [0.25, 0.3) is 0 Å². The number of rotatable bonds is 4. The summed E-state index contributed by atoms with van der Waals surface area (Å²) in [6.45, 7) is 0. The first-order valence-electron chi connectivity index (χ1n) is 5.40. The van der Waals surface area contributed by atoms with Crippen molar-refractivity contribution in [2.45, 2.75) is 6.10 Å². The van der Waals surface area contributed by atoms with E-state index in [0.717, 1.165) is 8.45 Å². The van der Waals surface area contributed by atoms with Gasteiger partial charge in [-0.3, -0.25) is 0 Å². The zero-order valence-electron chi connectivity index (χ0n) is 10.3. The standard InChI is InChI=1S/C13H12BrIO3S/c1-17-9-4-3-8(13(18-2)11(9)14)12(16)7-5-10(15)19-6-7/h3-6,12,16H,1-2H3. The van der Waals surface area contributed by atoms with E-state index < -0.39 is 6.10 Å². The molecule has 1 aromatic carbocycles. The van der Waals surface area contributed by atoms with Crippen LogP contribution < -0.4 is 9.47 Å². The van der Waals surface area contributed by atoms with Crippen LogP contribution in [-0.4, -0.2) is 19.3 Å². The van der Waals surface area contributed by atoms with Crippen LogP contribution in [0.2, 0.25) is 0 Å². The van der Waals surface area contributed by atoms with Gasteiger partial charge in [0.05, 0.1) is 17.1 Å². The summed E-state index contributed by atoms with van der Waals surface area (Å²) in [7, 11) is 3.17. The molecule has 1 atom stereocenters. The third-order valence-corrected chi connectivity index (χ3v) is 5.27. The van der Waals surface area contributed by atoms with Gasteiger partial charge in [0, 0.05) is 5.56 Å². The number of hydrogen-bond donors (Lipinski definition) is 1. The van der Waals surface area contributed by atoms with Gasteiger partial charge in [-0.1, -0.05) is 0 Å². The Kier molecular flexibility index (Phi) is 5.10. The smallest absolute Gasteiger partial charge is 0.142 e. The molecule has 0 amide bonds. The Bertz CT molecular complexity index is 585. The van der Waals surface area contributed by atoms with Crippen LogP contribution in [0.25, 0.3) is 0 Å². The lowest BCUT2D eigenvalue weighted by atomic mass is 10.0. The SMILES string of the molecule is COc1ccc(C(O)c2csc(I)c2)c(OC)c1Br. The van der Waals surface area contributed by atoms with Gasteiger partial charge in [-0.05, 0) is 67.7 Å². The van der Waals surface area contributed by atoms with Crippen LogP contribution in [0.4, 0.5) is 0 Å².